The molecule has 1 saturated heterocycles. The van der Waals surface area contributed by atoms with Crippen molar-refractivity contribution in [1.82, 2.24) is 9.62 Å². The summed E-state index contributed by atoms with van der Waals surface area (Å²) in [7, 11) is -3.80. The van der Waals surface area contributed by atoms with Gasteiger partial charge in [0.15, 0.2) is 6.10 Å². The molecule has 1 saturated carbocycles. The molecule has 1 amide bonds. The second-order valence-corrected chi connectivity index (χ2v) is 10.4. The molecule has 0 radical (unpaired) electrons. The lowest BCUT2D eigenvalue weighted by atomic mass is 9.86. The third-order valence-electron chi connectivity index (χ3n) is 5.86. The highest BCUT2D eigenvalue weighted by Gasteiger charge is 2.30. The number of hydrogen-bond donors (Lipinski definition) is 1. The van der Waals surface area contributed by atoms with Crippen molar-refractivity contribution < 1.29 is 27.5 Å². The van der Waals surface area contributed by atoms with Crippen LogP contribution in [0.1, 0.15) is 49.9 Å². The van der Waals surface area contributed by atoms with Gasteiger partial charge in [0, 0.05) is 19.1 Å². The summed E-state index contributed by atoms with van der Waals surface area (Å²) >= 11 is 6.13. The molecule has 172 valence electrons. The van der Waals surface area contributed by atoms with Gasteiger partial charge >= 0.3 is 5.97 Å². The SMILES string of the molecule is C[C@@H]1CCCC[C@H]1NC(=O)[C@@H](C)OC(=O)c1cc(S(=O)(=O)N2CCOCC2)ccc1Cl. The van der Waals surface area contributed by atoms with E-state index < -0.39 is 22.1 Å². The van der Waals surface area contributed by atoms with Crippen molar-refractivity contribution in [2.45, 2.75) is 56.6 Å². The van der Waals surface area contributed by atoms with Gasteiger partial charge in [-0.1, -0.05) is 31.4 Å². The number of carbonyl (C=O) groups excluding carboxylic acids is 2. The van der Waals surface area contributed by atoms with Crippen molar-refractivity contribution in [3.8, 4) is 0 Å². The van der Waals surface area contributed by atoms with Crippen LogP contribution in [0.2, 0.25) is 5.02 Å². The van der Waals surface area contributed by atoms with Gasteiger partial charge in [0.1, 0.15) is 0 Å². The zero-order chi connectivity index (χ0) is 22.6. The predicted octanol–water partition coefficient (Wildman–Crippen LogP) is 2.60. The van der Waals surface area contributed by atoms with Gasteiger partial charge in [0.2, 0.25) is 10.0 Å². The third kappa shape index (κ3) is 5.77. The fraction of sp³-hybridized carbons (Fsp3) is 0.619. The molecule has 8 nitrogen and oxygen atoms in total. The average Bonchev–Trinajstić information content (AvgIpc) is 2.76. The zero-order valence-electron chi connectivity index (χ0n) is 17.8. The lowest BCUT2D eigenvalue weighted by Gasteiger charge is -2.30. The molecule has 1 aliphatic carbocycles. The van der Waals surface area contributed by atoms with Crippen molar-refractivity contribution in [2.24, 2.45) is 5.92 Å². The number of amides is 1. The largest absolute Gasteiger partial charge is 0.449 e. The number of sulfonamides is 1. The Morgan fingerprint density at radius 1 is 1.23 bits per heavy atom. The van der Waals surface area contributed by atoms with Gasteiger partial charge in [0.25, 0.3) is 5.91 Å². The molecule has 0 aromatic heterocycles. The lowest BCUT2D eigenvalue weighted by molar-refractivity contribution is -0.130. The summed E-state index contributed by atoms with van der Waals surface area (Å²) in [5.41, 5.74) is -0.0957. The maximum Gasteiger partial charge on any atom is 0.340 e. The molecule has 1 aliphatic heterocycles. The summed E-state index contributed by atoms with van der Waals surface area (Å²) in [6.07, 6.45) is 3.14. The number of benzene rings is 1. The molecule has 2 aliphatic rings. The second kappa shape index (κ2) is 10.3. The van der Waals surface area contributed by atoms with E-state index in [-0.39, 0.29) is 40.5 Å². The molecule has 3 atom stereocenters. The van der Waals surface area contributed by atoms with Gasteiger partial charge in [-0.3, -0.25) is 4.79 Å². The van der Waals surface area contributed by atoms with Crippen molar-refractivity contribution >= 4 is 33.5 Å². The topological polar surface area (TPSA) is 102 Å². The van der Waals surface area contributed by atoms with E-state index in [4.69, 9.17) is 21.1 Å². The molecule has 1 aromatic rings. The van der Waals surface area contributed by atoms with Gasteiger partial charge < -0.3 is 14.8 Å². The second-order valence-electron chi connectivity index (χ2n) is 8.08. The van der Waals surface area contributed by atoms with E-state index in [1.54, 1.807) is 0 Å². The predicted molar refractivity (Wildman–Crippen MR) is 115 cm³/mol. The van der Waals surface area contributed by atoms with E-state index >= 15 is 0 Å². The Labute approximate surface area is 188 Å². The van der Waals surface area contributed by atoms with Crippen molar-refractivity contribution in [3.05, 3.63) is 28.8 Å². The number of ether oxygens (including phenoxy) is 2. The molecule has 31 heavy (non-hydrogen) atoms. The zero-order valence-corrected chi connectivity index (χ0v) is 19.4. The van der Waals surface area contributed by atoms with Gasteiger partial charge in [-0.15, -0.1) is 0 Å². The molecule has 10 heteroatoms. The smallest absolute Gasteiger partial charge is 0.340 e. The summed E-state index contributed by atoms with van der Waals surface area (Å²) in [5, 5.41) is 3.01. The van der Waals surface area contributed by atoms with Gasteiger partial charge in [0.05, 0.1) is 28.7 Å². The molecular weight excluding hydrogens is 444 g/mol. The standard InChI is InChI=1S/C21H29ClN2O6S/c1-14-5-3-4-6-19(14)23-20(25)15(2)30-21(26)17-13-16(7-8-18(17)22)31(27,28)24-9-11-29-12-10-24/h7-8,13-15,19H,3-6,9-12H2,1-2H3,(H,23,25)/t14-,15-,19-/m1/s1. The first-order chi connectivity index (χ1) is 14.7. The molecule has 0 bridgehead atoms. The fourth-order valence-corrected chi connectivity index (χ4v) is 5.50. The van der Waals surface area contributed by atoms with Crippen LogP contribution in [0.15, 0.2) is 23.1 Å². The number of nitrogens with one attached hydrogen (secondary N) is 1. The molecule has 1 heterocycles. The molecule has 2 fully saturated rings. The van der Waals surface area contributed by atoms with E-state index in [0.29, 0.717) is 19.1 Å². The summed E-state index contributed by atoms with van der Waals surface area (Å²) in [5.74, 6) is -0.846. The van der Waals surface area contributed by atoms with Crippen LogP contribution in [0, 0.1) is 5.92 Å². The van der Waals surface area contributed by atoms with Crippen molar-refractivity contribution in [1.29, 1.82) is 0 Å². The van der Waals surface area contributed by atoms with E-state index in [1.807, 2.05) is 0 Å². The normalized spacial score (nSPS) is 23.7. The van der Waals surface area contributed by atoms with Crippen LogP contribution in [0.4, 0.5) is 0 Å². The fourth-order valence-electron chi connectivity index (χ4n) is 3.87. The van der Waals surface area contributed by atoms with E-state index in [0.717, 1.165) is 25.7 Å². The lowest BCUT2D eigenvalue weighted by Crippen LogP contribution is -2.46. The van der Waals surface area contributed by atoms with Crippen LogP contribution < -0.4 is 5.32 Å². The monoisotopic (exact) mass is 472 g/mol. The maximum atomic E-state index is 12.9. The first kappa shape index (κ1) is 24.0. The van der Waals surface area contributed by atoms with Crippen LogP contribution in [-0.2, 0) is 24.3 Å². The first-order valence-electron chi connectivity index (χ1n) is 10.6. The number of carbonyl (C=O) groups is 2. The highest BCUT2D eigenvalue weighted by atomic mass is 35.5. The highest BCUT2D eigenvalue weighted by Crippen LogP contribution is 2.26. The number of rotatable bonds is 6. The number of esters is 1. The molecule has 1 N–H and O–H groups in total. The van der Waals surface area contributed by atoms with Crippen LogP contribution in [0.5, 0.6) is 0 Å². The summed E-state index contributed by atoms with van der Waals surface area (Å²) in [6, 6.07) is 3.96. The van der Waals surface area contributed by atoms with Gasteiger partial charge in [-0.2, -0.15) is 4.31 Å². The summed E-state index contributed by atoms with van der Waals surface area (Å²) in [6.45, 7) is 4.69. The Hall–Kier alpha value is -1.68. The summed E-state index contributed by atoms with van der Waals surface area (Å²) in [4.78, 5) is 25.1. The number of morpholine rings is 1. The molecule has 0 spiro atoms. The third-order valence-corrected chi connectivity index (χ3v) is 8.08. The number of nitrogens with zero attached hydrogens (tertiary/aromatic N) is 1. The summed E-state index contributed by atoms with van der Waals surface area (Å²) < 4.78 is 37.5. The van der Waals surface area contributed by atoms with Crippen LogP contribution in [0.25, 0.3) is 0 Å². The molecule has 0 unspecified atom stereocenters. The van der Waals surface area contributed by atoms with Crippen molar-refractivity contribution in [2.75, 3.05) is 26.3 Å². The number of halogens is 1. The Balaban J connectivity index is 1.69. The van der Waals surface area contributed by atoms with E-state index in [2.05, 4.69) is 12.2 Å². The molecular formula is C21H29ClN2O6S. The minimum absolute atomic E-state index is 0.0550. The minimum Gasteiger partial charge on any atom is -0.449 e. The molecule has 3 rings (SSSR count). The number of hydrogen-bond acceptors (Lipinski definition) is 6. The molecule has 1 aromatic carbocycles. The Morgan fingerprint density at radius 2 is 1.90 bits per heavy atom. The Morgan fingerprint density at radius 3 is 2.58 bits per heavy atom. The Bertz CT molecular complexity index is 916. The first-order valence-corrected chi connectivity index (χ1v) is 12.4. The van der Waals surface area contributed by atoms with Gasteiger partial charge in [-0.25, -0.2) is 13.2 Å². The quantitative estimate of drug-likeness (QED) is 0.638. The van der Waals surface area contributed by atoms with Crippen LogP contribution in [-0.4, -0.2) is 63.0 Å². The van der Waals surface area contributed by atoms with Gasteiger partial charge in [-0.05, 0) is 43.9 Å². The highest BCUT2D eigenvalue weighted by molar-refractivity contribution is 7.89. The maximum absolute atomic E-state index is 12.9. The Kier molecular flexibility index (Phi) is 7.96. The minimum atomic E-state index is -3.80. The van der Waals surface area contributed by atoms with E-state index in [1.165, 1.54) is 29.4 Å². The van der Waals surface area contributed by atoms with E-state index in [9.17, 15) is 18.0 Å². The van der Waals surface area contributed by atoms with Crippen LogP contribution >= 0.6 is 11.6 Å². The van der Waals surface area contributed by atoms with Crippen LogP contribution in [0.3, 0.4) is 0 Å². The average molecular weight is 473 g/mol. The van der Waals surface area contributed by atoms with Crippen molar-refractivity contribution in [3.63, 3.8) is 0 Å².